The zero-order chi connectivity index (χ0) is 21.5. The predicted octanol–water partition coefficient (Wildman–Crippen LogP) is 0.644. The summed E-state index contributed by atoms with van der Waals surface area (Å²) in [6, 6.07) is 1.79. The van der Waals surface area contributed by atoms with E-state index in [1.54, 1.807) is 0 Å². The molecule has 15 heteroatoms. The van der Waals surface area contributed by atoms with E-state index in [-0.39, 0.29) is 12.5 Å². The molecule has 0 amide bonds. The van der Waals surface area contributed by atoms with Gasteiger partial charge in [-0.15, -0.1) is 0 Å². The average molecular weight is 493 g/mol. The molecule has 168 valence electrons. The van der Waals surface area contributed by atoms with E-state index in [4.69, 9.17) is 33.9 Å². The van der Waals surface area contributed by atoms with Crippen molar-refractivity contribution in [3.8, 4) is 0 Å². The van der Waals surface area contributed by atoms with Crippen molar-refractivity contribution in [1.29, 1.82) is 0 Å². The van der Waals surface area contributed by atoms with Gasteiger partial charge in [-0.05, 0) is 12.1 Å². The van der Waals surface area contributed by atoms with Crippen LogP contribution >= 0.6 is 0 Å². The summed E-state index contributed by atoms with van der Waals surface area (Å²) in [5.41, 5.74) is 0. The Balaban J connectivity index is 3.60. The van der Waals surface area contributed by atoms with Crippen LogP contribution in [-0.2, 0) is 33.9 Å². The van der Waals surface area contributed by atoms with Crippen molar-refractivity contribution in [2.24, 2.45) is 0 Å². The third-order valence-corrected chi connectivity index (χ3v) is 24.2. The van der Waals surface area contributed by atoms with Gasteiger partial charge in [0.25, 0.3) is 0 Å². The van der Waals surface area contributed by atoms with Crippen LogP contribution in [0.4, 0.5) is 0 Å². The van der Waals surface area contributed by atoms with E-state index >= 15 is 0 Å². The molecule has 1 heterocycles. The zero-order valence-corrected chi connectivity index (χ0v) is 23.1. The summed E-state index contributed by atoms with van der Waals surface area (Å²) in [6.45, 7) is 7.56. The number of hydrogen-bond donors (Lipinski definition) is 2. The topological polar surface area (TPSA) is 114 Å². The van der Waals surface area contributed by atoms with Crippen molar-refractivity contribution < 1.29 is 44.1 Å². The van der Waals surface area contributed by atoms with Crippen LogP contribution in [-0.4, -0.2) is 88.3 Å². The van der Waals surface area contributed by atoms with Gasteiger partial charge in [0, 0.05) is 33.4 Å². The van der Waals surface area contributed by atoms with Gasteiger partial charge in [-0.3, -0.25) is 0 Å². The Kier molecular flexibility index (Phi) is 10.8. The lowest BCUT2D eigenvalue weighted by Crippen LogP contribution is -2.70. The van der Waals surface area contributed by atoms with Gasteiger partial charge in [0.1, 0.15) is 0 Å². The molecule has 0 aromatic heterocycles. The number of hydrogen-bond acceptors (Lipinski definition) is 10. The largest absolute Gasteiger partial charge is 0.485 e. The van der Waals surface area contributed by atoms with E-state index in [1.165, 1.54) is 21.3 Å². The van der Waals surface area contributed by atoms with Crippen LogP contribution in [0.15, 0.2) is 0 Å². The first-order chi connectivity index (χ1) is 13.2. The van der Waals surface area contributed by atoms with Crippen molar-refractivity contribution >= 4 is 44.3 Å². The Morgan fingerprint density at radius 3 is 1.57 bits per heavy atom. The van der Waals surface area contributed by atoms with Gasteiger partial charge in [-0.1, -0.05) is 27.7 Å². The molecule has 1 rings (SSSR count). The average Bonchev–Trinajstić information content (AvgIpc) is 2.76. The van der Waals surface area contributed by atoms with Gasteiger partial charge in [0.05, 0.1) is 12.5 Å². The SMILES string of the molecule is CC[Si]1(CO)O[SiH](OC)O[Si](CC)(OC)O[Si](CC)(OC)O[Si](CC)(CO)O1. The van der Waals surface area contributed by atoms with Crippen LogP contribution in [0.3, 0.4) is 0 Å². The molecule has 2 N–H and O–H groups in total. The molecule has 0 radical (unpaired) electrons. The normalized spacial score (nSPS) is 40.4. The second-order valence-corrected chi connectivity index (χ2v) is 22.4. The van der Waals surface area contributed by atoms with E-state index in [0.29, 0.717) is 24.2 Å². The third kappa shape index (κ3) is 5.89. The van der Waals surface area contributed by atoms with Crippen molar-refractivity contribution in [3.63, 3.8) is 0 Å². The molecule has 5 unspecified atom stereocenters. The molecule has 0 saturated carbocycles. The summed E-state index contributed by atoms with van der Waals surface area (Å²) >= 11 is 0. The summed E-state index contributed by atoms with van der Waals surface area (Å²) in [5.74, 6) is 0. The highest BCUT2D eigenvalue weighted by atomic mass is 28.5. The van der Waals surface area contributed by atoms with E-state index in [1.807, 2.05) is 27.7 Å². The van der Waals surface area contributed by atoms with E-state index in [2.05, 4.69) is 0 Å². The molecule has 0 aliphatic carbocycles. The molecule has 0 spiro atoms. The van der Waals surface area contributed by atoms with Crippen molar-refractivity contribution in [1.82, 2.24) is 0 Å². The number of rotatable bonds is 9. The maximum absolute atomic E-state index is 10.3. The first kappa shape index (κ1) is 26.7. The molecule has 10 nitrogen and oxygen atoms in total. The van der Waals surface area contributed by atoms with Gasteiger partial charge < -0.3 is 44.1 Å². The minimum Gasteiger partial charge on any atom is -0.413 e. The van der Waals surface area contributed by atoms with Gasteiger partial charge in [0.2, 0.25) is 0 Å². The Bertz CT molecular complexity index is 419. The minimum atomic E-state index is -3.31. The predicted molar refractivity (Wildman–Crippen MR) is 113 cm³/mol. The summed E-state index contributed by atoms with van der Waals surface area (Å²) in [7, 11) is -11.2. The molecule has 1 fully saturated rings. The second kappa shape index (κ2) is 11.3. The lowest BCUT2D eigenvalue weighted by Gasteiger charge is -2.47. The van der Waals surface area contributed by atoms with E-state index < -0.39 is 44.3 Å². The zero-order valence-electron chi connectivity index (χ0n) is 18.0. The molecule has 0 aromatic carbocycles. The molecule has 28 heavy (non-hydrogen) atoms. The van der Waals surface area contributed by atoms with Crippen LogP contribution in [0.1, 0.15) is 27.7 Å². The Morgan fingerprint density at radius 2 is 1.21 bits per heavy atom. The highest BCUT2D eigenvalue weighted by molar-refractivity contribution is 6.90. The smallest absolute Gasteiger partial charge is 0.413 e. The fourth-order valence-electron chi connectivity index (χ4n) is 2.81. The summed E-state index contributed by atoms with van der Waals surface area (Å²) < 4.78 is 48.6. The fourth-order valence-corrected chi connectivity index (χ4v) is 24.3. The Hall–Kier alpha value is 0.684. The molecule has 5 atom stereocenters. The van der Waals surface area contributed by atoms with Crippen molar-refractivity contribution in [2.45, 2.75) is 51.9 Å². The molecule has 1 saturated heterocycles. The summed E-state index contributed by atoms with van der Waals surface area (Å²) in [4.78, 5) is 0. The molecule has 1 aliphatic rings. The van der Waals surface area contributed by atoms with Crippen LogP contribution < -0.4 is 0 Å². The van der Waals surface area contributed by atoms with E-state index in [9.17, 15) is 10.2 Å². The molecular formula is C13H36O10Si5. The minimum absolute atomic E-state index is 0.306. The van der Waals surface area contributed by atoms with Gasteiger partial charge in [-0.25, -0.2) is 0 Å². The first-order valence-electron chi connectivity index (χ1n) is 9.56. The maximum atomic E-state index is 10.3. The third-order valence-electron chi connectivity index (χ3n) is 4.85. The van der Waals surface area contributed by atoms with Crippen molar-refractivity contribution in [2.75, 3.05) is 33.8 Å². The van der Waals surface area contributed by atoms with Crippen LogP contribution in [0.5, 0.6) is 0 Å². The second-order valence-electron chi connectivity index (χ2n) is 6.39. The Morgan fingerprint density at radius 1 is 0.679 bits per heavy atom. The van der Waals surface area contributed by atoms with Crippen LogP contribution in [0.25, 0.3) is 0 Å². The Labute approximate surface area is 174 Å². The highest BCUT2D eigenvalue weighted by Gasteiger charge is 2.60. The molecule has 0 aromatic rings. The first-order valence-corrected chi connectivity index (χ1v) is 19.3. The summed E-state index contributed by atoms with van der Waals surface area (Å²) in [6.07, 6.45) is -0.614. The van der Waals surface area contributed by atoms with E-state index in [0.717, 1.165) is 0 Å². The standard InChI is InChI=1S/C13H36O10Si5/c1-8-25(12-14)19-24(16-5)20-27(10-3,17-6)23-28(11-4,18-7)22-26(9-2,13-15)21-25/h14-15,24H,8-13H2,1-7H3. The number of aliphatic hydroxyl groups is 2. The molecule has 1 aliphatic heterocycles. The quantitative estimate of drug-likeness (QED) is 0.444. The lowest BCUT2D eigenvalue weighted by atomic mass is 11.0. The molecular weight excluding hydrogens is 457 g/mol. The fraction of sp³-hybridized carbons (Fsp3) is 1.00. The maximum Gasteiger partial charge on any atom is 0.485 e. The lowest BCUT2D eigenvalue weighted by molar-refractivity contribution is 0.0808. The van der Waals surface area contributed by atoms with Gasteiger partial charge in [0.15, 0.2) is 0 Å². The highest BCUT2D eigenvalue weighted by Crippen LogP contribution is 2.34. The van der Waals surface area contributed by atoms with Crippen molar-refractivity contribution in [3.05, 3.63) is 0 Å². The summed E-state index contributed by atoms with van der Waals surface area (Å²) in [5, 5.41) is 20.5. The van der Waals surface area contributed by atoms with Crippen LogP contribution in [0, 0.1) is 0 Å². The van der Waals surface area contributed by atoms with Gasteiger partial charge in [-0.2, -0.15) is 0 Å². The monoisotopic (exact) mass is 492 g/mol. The van der Waals surface area contributed by atoms with Crippen LogP contribution in [0.2, 0.25) is 24.2 Å². The van der Waals surface area contributed by atoms with Gasteiger partial charge >= 0.3 is 44.3 Å². The molecule has 0 bridgehead atoms. The number of aliphatic hydroxyl groups excluding tert-OH is 2.